The Balaban J connectivity index is 2.01. The van der Waals surface area contributed by atoms with Crippen LogP contribution in [0.25, 0.3) is 0 Å². The minimum absolute atomic E-state index is 0.187. The number of nitrogens with one attached hydrogen (secondary N) is 1. The number of aromatic nitrogens is 3. The number of hydrogen-bond donors (Lipinski definition) is 1. The van der Waals surface area contributed by atoms with Gasteiger partial charge >= 0.3 is 0 Å². The number of amides is 1. The summed E-state index contributed by atoms with van der Waals surface area (Å²) in [6.45, 7) is 1.91. The van der Waals surface area contributed by atoms with Gasteiger partial charge < -0.3 is 5.32 Å². The summed E-state index contributed by atoms with van der Waals surface area (Å²) in [7, 11) is 0. The first-order chi connectivity index (χ1) is 8.65. The van der Waals surface area contributed by atoms with Crippen LogP contribution in [-0.2, 0) is 11.2 Å². The van der Waals surface area contributed by atoms with E-state index in [1.165, 1.54) is 12.4 Å². The van der Waals surface area contributed by atoms with E-state index in [1.54, 1.807) is 6.20 Å². The van der Waals surface area contributed by atoms with Crippen LogP contribution in [-0.4, -0.2) is 20.9 Å². The highest BCUT2D eigenvalue weighted by Crippen LogP contribution is 2.08. The van der Waals surface area contributed by atoms with E-state index in [-0.39, 0.29) is 17.5 Å². The first-order valence-electron chi connectivity index (χ1n) is 5.33. The largest absolute Gasteiger partial charge is 0.309 e. The third kappa shape index (κ3) is 3.24. The van der Waals surface area contributed by atoms with E-state index in [4.69, 9.17) is 11.6 Å². The average molecular weight is 263 g/mol. The number of halogens is 1. The van der Waals surface area contributed by atoms with E-state index < -0.39 is 0 Å². The zero-order valence-corrected chi connectivity index (χ0v) is 10.5. The van der Waals surface area contributed by atoms with Gasteiger partial charge in [0.2, 0.25) is 5.91 Å². The van der Waals surface area contributed by atoms with Gasteiger partial charge in [0.05, 0.1) is 24.5 Å². The average Bonchev–Trinajstić information content (AvgIpc) is 2.35. The van der Waals surface area contributed by atoms with Gasteiger partial charge in [0.1, 0.15) is 5.15 Å². The molecule has 92 valence electrons. The van der Waals surface area contributed by atoms with Gasteiger partial charge in [-0.3, -0.25) is 9.78 Å². The Morgan fingerprint density at radius 1 is 1.33 bits per heavy atom. The summed E-state index contributed by atoms with van der Waals surface area (Å²) in [5.41, 5.74) is 1.73. The van der Waals surface area contributed by atoms with Gasteiger partial charge in [-0.15, -0.1) is 0 Å². The van der Waals surface area contributed by atoms with Gasteiger partial charge in [-0.2, -0.15) is 0 Å². The second-order valence-corrected chi connectivity index (χ2v) is 4.10. The van der Waals surface area contributed by atoms with Crippen LogP contribution in [0.4, 0.5) is 5.82 Å². The van der Waals surface area contributed by atoms with Crippen molar-refractivity contribution in [3.8, 4) is 0 Å². The number of pyridine rings is 1. The summed E-state index contributed by atoms with van der Waals surface area (Å²) in [5, 5.41) is 2.92. The highest BCUT2D eigenvalue weighted by Gasteiger charge is 2.08. The Labute approximate surface area is 109 Å². The number of aryl methyl sites for hydroxylation is 1. The van der Waals surface area contributed by atoms with Crippen LogP contribution < -0.4 is 5.32 Å². The van der Waals surface area contributed by atoms with Crippen LogP contribution in [0.2, 0.25) is 5.15 Å². The third-order valence-electron chi connectivity index (χ3n) is 2.33. The van der Waals surface area contributed by atoms with Crippen molar-refractivity contribution in [2.24, 2.45) is 0 Å². The van der Waals surface area contributed by atoms with Crippen molar-refractivity contribution in [1.29, 1.82) is 0 Å². The zero-order valence-electron chi connectivity index (χ0n) is 9.72. The Hall–Kier alpha value is -2.01. The lowest BCUT2D eigenvalue weighted by molar-refractivity contribution is -0.115. The molecule has 0 spiro atoms. The van der Waals surface area contributed by atoms with Gasteiger partial charge in [0, 0.05) is 6.20 Å². The second kappa shape index (κ2) is 5.55. The number of carbonyl (C=O) groups is 1. The van der Waals surface area contributed by atoms with Crippen LogP contribution in [0.1, 0.15) is 11.3 Å². The Morgan fingerprint density at radius 2 is 2.17 bits per heavy atom. The summed E-state index contributed by atoms with van der Waals surface area (Å²) >= 11 is 5.60. The first-order valence-corrected chi connectivity index (χ1v) is 5.71. The van der Waals surface area contributed by atoms with Crippen LogP contribution in [0.5, 0.6) is 0 Å². The monoisotopic (exact) mass is 262 g/mol. The van der Waals surface area contributed by atoms with E-state index in [0.29, 0.717) is 5.82 Å². The van der Waals surface area contributed by atoms with Crippen molar-refractivity contribution in [3.63, 3.8) is 0 Å². The fraction of sp³-hybridized carbons (Fsp3) is 0.167. The predicted molar refractivity (Wildman–Crippen MR) is 68.3 cm³/mol. The molecule has 18 heavy (non-hydrogen) atoms. The van der Waals surface area contributed by atoms with E-state index >= 15 is 0 Å². The Morgan fingerprint density at radius 3 is 2.83 bits per heavy atom. The van der Waals surface area contributed by atoms with Crippen LogP contribution in [0.3, 0.4) is 0 Å². The maximum atomic E-state index is 11.8. The molecular weight excluding hydrogens is 252 g/mol. The molecule has 5 nitrogen and oxygen atoms in total. The van der Waals surface area contributed by atoms with Gasteiger partial charge in [-0.25, -0.2) is 9.97 Å². The fourth-order valence-corrected chi connectivity index (χ4v) is 1.52. The van der Waals surface area contributed by atoms with Crippen molar-refractivity contribution in [1.82, 2.24) is 15.0 Å². The molecule has 0 aromatic carbocycles. The first kappa shape index (κ1) is 12.4. The smallest absolute Gasteiger partial charge is 0.231 e. The van der Waals surface area contributed by atoms with Crippen LogP contribution >= 0.6 is 11.6 Å². The van der Waals surface area contributed by atoms with E-state index in [0.717, 1.165) is 11.3 Å². The lowest BCUT2D eigenvalue weighted by Gasteiger charge is -2.05. The molecule has 1 amide bonds. The molecule has 0 aliphatic rings. The number of anilines is 1. The highest BCUT2D eigenvalue weighted by molar-refractivity contribution is 6.29. The normalized spacial score (nSPS) is 10.1. The van der Waals surface area contributed by atoms with Crippen molar-refractivity contribution in [2.45, 2.75) is 13.3 Å². The molecule has 0 unspecified atom stereocenters. The molecule has 2 aromatic rings. The summed E-state index contributed by atoms with van der Waals surface area (Å²) < 4.78 is 0. The number of hydrogen-bond acceptors (Lipinski definition) is 4. The van der Waals surface area contributed by atoms with Gasteiger partial charge in [-0.1, -0.05) is 17.7 Å². The summed E-state index contributed by atoms with van der Waals surface area (Å²) in [4.78, 5) is 23.7. The topological polar surface area (TPSA) is 67.8 Å². The van der Waals surface area contributed by atoms with E-state index in [2.05, 4.69) is 20.3 Å². The van der Waals surface area contributed by atoms with Crippen molar-refractivity contribution >= 4 is 23.3 Å². The van der Waals surface area contributed by atoms with Gasteiger partial charge in [-0.05, 0) is 18.6 Å². The van der Waals surface area contributed by atoms with Gasteiger partial charge in [0.15, 0.2) is 5.82 Å². The maximum absolute atomic E-state index is 11.8. The molecule has 0 bridgehead atoms. The molecule has 2 rings (SSSR count). The highest BCUT2D eigenvalue weighted by atomic mass is 35.5. The number of rotatable bonds is 3. The molecule has 0 fully saturated rings. The summed E-state index contributed by atoms with van der Waals surface area (Å²) in [6.07, 6.45) is 4.66. The summed E-state index contributed by atoms with van der Waals surface area (Å²) in [5.74, 6) is 0.186. The Bertz CT molecular complexity index is 556. The quantitative estimate of drug-likeness (QED) is 0.919. The Kier molecular flexibility index (Phi) is 3.84. The molecule has 0 atom stereocenters. The van der Waals surface area contributed by atoms with E-state index in [1.807, 2.05) is 19.1 Å². The molecular formula is C12H11ClN4O. The molecule has 2 aromatic heterocycles. The van der Waals surface area contributed by atoms with Crippen molar-refractivity contribution in [3.05, 3.63) is 47.1 Å². The molecule has 0 saturated heterocycles. The number of nitrogens with zero attached hydrogens (tertiary/aromatic N) is 3. The molecule has 1 N–H and O–H groups in total. The maximum Gasteiger partial charge on any atom is 0.231 e. The molecule has 2 heterocycles. The lowest BCUT2D eigenvalue weighted by Crippen LogP contribution is -2.16. The SMILES string of the molecule is Cc1cccnc1CC(=O)Nc1cnc(Cl)cn1. The number of carbonyl (C=O) groups excluding carboxylic acids is 1. The molecule has 0 aliphatic heterocycles. The van der Waals surface area contributed by atoms with Crippen LogP contribution in [0.15, 0.2) is 30.7 Å². The zero-order chi connectivity index (χ0) is 13.0. The van der Waals surface area contributed by atoms with Crippen LogP contribution in [0, 0.1) is 6.92 Å². The predicted octanol–water partition coefficient (Wildman–Crippen LogP) is 2.01. The molecule has 6 heteroatoms. The second-order valence-electron chi connectivity index (χ2n) is 3.72. The van der Waals surface area contributed by atoms with E-state index in [9.17, 15) is 4.79 Å². The lowest BCUT2D eigenvalue weighted by atomic mass is 10.1. The minimum Gasteiger partial charge on any atom is -0.309 e. The standard InChI is InChI=1S/C12H11ClN4O/c1-8-3-2-4-14-9(8)5-12(18)17-11-7-15-10(13)6-16-11/h2-4,6-7H,5H2,1H3,(H,16,17,18). The van der Waals surface area contributed by atoms with Crippen molar-refractivity contribution < 1.29 is 4.79 Å². The van der Waals surface area contributed by atoms with Gasteiger partial charge in [0.25, 0.3) is 0 Å². The summed E-state index contributed by atoms with van der Waals surface area (Å²) in [6, 6.07) is 3.75. The minimum atomic E-state index is -0.187. The van der Waals surface area contributed by atoms with Crippen molar-refractivity contribution in [2.75, 3.05) is 5.32 Å². The molecule has 0 radical (unpaired) electrons. The molecule has 0 saturated carbocycles. The fourth-order valence-electron chi connectivity index (χ4n) is 1.42. The molecule has 0 aliphatic carbocycles. The third-order valence-corrected chi connectivity index (χ3v) is 2.53.